The summed E-state index contributed by atoms with van der Waals surface area (Å²) < 4.78 is 0. The summed E-state index contributed by atoms with van der Waals surface area (Å²) in [6.45, 7) is 8.95. The fourth-order valence-electron chi connectivity index (χ4n) is 2.35. The van der Waals surface area contributed by atoms with Crippen molar-refractivity contribution in [3.05, 3.63) is 29.8 Å². The topological polar surface area (TPSA) is 44.4 Å². The van der Waals surface area contributed by atoms with Crippen LogP contribution in [0.25, 0.3) is 0 Å². The summed E-state index contributed by atoms with van der Waals surface area (Å²) in [6.07, 6.45) is 0. The van der Waals surface area contributed by atoms with E-state index in [-0.39, 0.29) is 11.8 Å². The van der Waals surface area contributed by atoms with Crippen molar-refractivity contribution in [3.8, 4) is 0 Å². The summed E-state index contributed by atoms with van der Waals surface area (Å²) in [6, 6.07) is 7.92. The van der Waals surface area contributed by atoms with Crippen molar-refractivity contribution in [2.24, 2.45) is 5.92 Å². The molecule has 0 saturated carbocycles. The molecule has 0 spiro atoms. The zero-order valence-corrected chi connectivity index (χ0v) is 11.8. The third-order valence-electron chi connectivity index (χ3n) is 3.47. The van der Waals surface area contributed by atoms with Gasteiger partial charge in [-0.3, -0.25) is 4.79 Å². The first-order valence-electron chi connectivity index (χ1n) is 6.96. The van der Waals surface area contributed by atoms with Gasteiger partial charge in [0.05, 0.1) is 0 Å². The minimum absolute atomic E-state index is 0.0126. The number of nitrogens with one attached hydrogen (secondary N) is 2. The summed E-state index contributed by atoms with van der Waals surface area (Å²) >= 11 is 0. The molecule has 1 aromatic rings. The minimum atomic E-state index is 0.0126. The van der Waals surface area contributed by atoms with Crippen LogP contribution < -0.4 is 10.6 Å². The second-order valence-corrected chi connectivity index (χ2v) is 5.31. The highest BCUT2D eigenvalue weighted by Gasteiger charge is 2.18. The van der Waals surface area contributed by atoms with E-state index in [1.807, 2.05) is 38.1 Å². The fourth-order valence-corrected chi connectivity index (χ4v) is 2.35. The maximum absolute atomic E-state index is 12.1. The van der Waals surface area contributed by atoms with Crippen LogP contribution in [-0.2, 0) is 4.79 Å². The largest absolute Gasteiger partial charge is 0.326 e. The Morgan fingerprint density at radius 1 is 1.42 bits per heavy atom. The number of aryl methyl sites for hydroxylation is 1. The lowest BCUT2D eigenvalue weighted by Crippen LogP contribution is -2.46. The average Bonchev–Trinajstić information content (AvgIpc) is 2.40. The van der Waals surface area contributed by atoms with Gasteiger partial charge in [0.2, 0.25) is 5.91 Å². The normalized spacial score (nSPS) is 18.0. The van der Waals surface area contributed by atoms with E-state index in [0.717, 1.165) is 44.0 Å². The lowest BCUT2D eigenvalue weighted by Gasteiger charge is -2.29. The van der Waals surface area contributed by atoms with Gasteiger partial charge in [0, 0.05) is 44.3 Å². The molecular formula is C15H23N3O. The number of hydrogen-bond donors (Lipinski definition) is 2. The lowest BCUT2D eigenvalue weighted by atomic mass is 10.1. The van der Waals surface area contributed by atoms with Gasteiger partial charge in [0.15, 0.2) is 0 Å². The summed E-state index contributed by atoms with van der Waals surface area (Å²) in [7, 11) is 0. The average molecular weight is 261 g/mol. The molecule has 0 bridgehead atoms. The Hall–Kier alpha value is -1.39. The smallest absolute Gasteiger partial charge is 0.228 e. The third-order valence-corrected chi connectivity index (χ3v) is 3.47. The summed E-state index contributed by atoms with van der Waals surface area (Å²) in [5, 5.41) is 6.31. The molecule has 0 aliphatic carbocycles. The Morgan fingerprint density at radius 2 is 2.16 bits per heavy atom. The maximum atomic E-state index is 12.1. The van der Waals surface area contributed by atoms with Gasteiger partial charge in [0.1, 0.15) is 0 Å². The molecule has 1 aliphatic rings. The molecular weight excluding hydrogens is 238 g/mol. The zero-order valence-electron chi connectivity index (χ0n) is 11.8. The lowest BCUT2D eigenvalue weighted by molar-refractivity contribution is -0.120. The van der Waals surface area contributed by atoms with Crippen LogP contribution in [-0.4, -0.2) is 43.5 Å². The number of carbonyl (C=O) groups excluding carboxylic acids is 1. The van der Waals surface area contributed by atoms with Crippen LogP contribution in [0.3, 0.4) is 0 Å². The van der Waals surface area contributed by atoms with E-state index in [2.05, 4.69) is 15.5 Å². The van der Waals surface area contributed by atoms with Gasteiger partial charge < -0.3 is 15.5 Å². The number of hydrogen-bond acceptors (Lipinski definition) is 3. The van der Waals surface area contributed by atoms with Gasteiger partial charge in [-0.1, -0.05) is 19.1 Å². The van der Waals surface area contributed by atoms with Crippen molar-refractivity contribution in [1.29, 1.82) is 0 Å². The standard InChI is InChI=1S/C15H23N3O/c1-12-4-3-5-14(10-12)17-15(19)13(2)11-18-8-6-16-7-9-18/h3-5,10,13,16H,6-9,11H2,1-2H3,(H,17,19). The van der Waals surface area contributed by atoms with E-state index < -0.39 is 0 Å². The number of amides is 1. The summed E-state index contributed by atoms with van der Waals surface area (Å²) in [5.41, 5.74) is 2.05. The van der Waals surface area contributed by atoms with Crippen molar-refractivity contribution >= 4 is 11.6 Å². The van der Waals surface area contributed by atoms with Gasteiger partial charge >= 0.3 is 0 Å². The number of nitrogens with zero attached hydrogens (tertiary/aromatic N) is 1. The first kappa shape index (κ1) is 14.0. The highest BCUT2D eigenvalue weighted by atomic mass is 16.1. The molecule has 104 valence electrons. The highest BCUT2D eigenvalue weighted by Crippen LogP contribution is 2.11. The fraction of sp³-hybridized carbons (Fsp3) is 0.533. The molecule has 2 rings (SSSR count). The van der Waals surface area contributed by atoms with Crippen molar-refractivity contribution in [2.75, 3.05) is 38.0 Å². The van der Waals surface area contributed by atoms with Gasteiger partial charge in [-0.05, 0) is 24.6 Å². The van der Waals surface area contributed by atoms with Gasteiger partial charge in [-0.2, -0.15) is 0 Å². The number of rotatable bonds is 4. The number of anilines is 1. The van der Waals surface area contributed by atoms with Crippen molar-refractivity contribution in [3.63, 3.8) is 0 Å². The van der Waals surface area contributed by atoms with Crippen LogP contribution in [0.15, 0.2) is 24.3 Å². The monoisotopic (exact) mass is 261 g/mol. The minimum Gasteiger partial charge on any atom is -0.326 e. The predicted molar refractivity (Wildman–Crippen MR) is 78.3 cm³/mol. The van der Waals surface area contributed by atoms with E-state index >= 15 is 0 Å². The second kappa shape index (κ2) is 6.68. The first-order valence-corrected chi connectivity index (χ1v) is 6.96. The van der Waals surface area contributed by atoms with Crippen LogP contribution >= 0.6 is 0 Å². The first-order chi connectivity index (χ1) is 9.15. The van der Waals surface area contributed by atoms with Crippen LogP contribution in [0, 0.1) is 12.8 Å². The molecule has 0 radical (unpaired) electrons. The molecule has 1 amide bonds. The Labute approximate surface area is 115 Å². The highest BCUT2D eigenvalue weighted by molar-refractivity contribution is 5.92. The molecule has 4 nitrogen and oxygen atoms in total. The van der Waals surface area contributed by atoms with Crippen molar-refractivity contribution in [2.45, 2.75) is 13.8 Å². The number of piperazine rings is 1. The SMILES string of the molecule is Cc1cccc(NC(=O)C(C)CN2CCNCC2)c1. The van der Waals surface area contributed by atoms with E-state index in [1.54, 1.807) is 0 Å². The molecule has 1 heterocycles. The van der Waals surface area contributed by atoms with Gasteiger partial charge in [0.25, 0.3) is 0 Å². The number of carbonyl (C=O) groups is 1. The molecule has 1 aromatic carbocycles. The van der Waals surface area contributed by atoms with Crippen LogP contribution in [0.2, 0.25) is 0 Å². The Balaban J connectivity index is 1.84. The zero-order chi connectivity index (χ0) is 13.7. The Kier molecular flexibility index (Phi) is 4.93. The van der Waals surface area contributed by atoms with Crippen LogP contribution in [0.5, 0.6) is 0 Å². The van der Waals surface area contributed by atoms with Gasteiger partial charge in [-0.25, -0.2) is 0 Å². The third kappa shape index (κ3) is 4.33. The summed E-state index contributed by atoms with van der Waals surface area (Å²) in [4.78, 5) is 14.5. The molecule has 2 N–H and O–H groups in total. The quantitative estimate of drug-likeness (QED) is 0.863. The van der Waals surface area contributed by atoms with E-state index in [0.29, 0.717) is 0 Å². The molecule has 4 heteroatoms. The molecule has 1 atom stereocenters. The molecule has 19 heavy (non-hydrogen) atoms. The Morgan fingerprint density at radius 3 is 2.84 bits per heavy atom. The van der Waals surface area contributed by atoms with Gasteiger partial charge in [-0.15, -0.1) is 0 Å². The molecule has 0 aromatic heterocycles. The summed E-state index contributed by atoms with van der Waals surface area (Å²) in [5.74, 6) is 0.114. The molecule has 1 fully saturated rings. The van der Waals surface area contributed by atoms with E-state index in [4.69, 9.17) is 0 Å². The second-order valence-electron chi connectivity index (χ2n) is 5.31. The molecule has 1 aliphatic heterocycles. The van der Waals surface area contributed by atoms with Crippen LogP contribution in [0.1, 0.15) is 12.5 Å². The Bertz CT molecular complexity index is 427. The molecule has 1 saturated heterocycles. The maximum Gasteiger partial charge on any atom is 0.228 e. The van der Waals surface area contributed by atoms with Crippen LogP contribution in [0.4, 0.5) is 5.69 Å². The number of benzene rings is 1. The van der Waals surface area contributed by atoms with Crippen molar-refractivity contribution in [1.82, 2.24) is 10.2 Å². The predicted octanol–water partition coefficient (Wildman–Crippen LogP) is 1.47. The van der Waals surface area contributed by atoms with Crippen molar-refractivity contribution < 1.29 is 4.79 Å². The molecule has 1 unspecified atom stereocenters. The van der Waals surface area contributed by atoms with E-state index in [9.17, 15) is 4.79 Å². The van der Waals surface area contributed by atoms with E-state index in [1.165, 1.54) is 0 Å².